The highest BCUT2D eigenvalue weighted by atomic mass is 32.1. The van der Waals surface area contributed by atoms with Crippen LogP contribution in [0.4, 0.5) is 10.8 Å². The lowest BCUT2D eigenvalue weighted by Crippen LogP contribution is -2.07. The van der Waals surface area contributed by atoms with E-state index in [4.69, 9.17) is 4.74 Å². The SMILES string of the molecule is CCOC(=O)Cc1csc(NN=Cc2ccc3c(c2)CCN3)n1. The number of fused-ring (bicyclic) bond motifs is 1. The van der Waals surface area contributed by atoms with Gasteiger partial charge in [-0.1, -0.05) is 6.07 Å². The fourth-order valence-corrected chi connectivity index (χ4v) is 3.03. The molecule has 0 saturated carbocycles. The summed E-state index contributed by atoms with van der Waals surface area (Å²) in [5.41, 5.74) is 7.16. The number of aromatic nitrogens is 1. The Morgan fingerprint density at radius 1 is 1.57 bits per heavy atom. The van der Waals surface area contributed by atoms with Gasteiger partial charge in [0.05, 0.1) is 24.9 Å². The number of nitrogens with zero attached hydrogens (tertiary/aromatic N) is 2. The average Bonchev–Trinajstić information content (AvgIpc) is 3.16. The molecule has 23 heavy (non-hydrogen) atoms. The van der Waals surface area contributed by atoms with Crippen LogP contribution in [0.2, 0.25) is 0 Å². The number of hydrazone groups is 1. The van der Waals surface area contributed by atoms with E-state index < -0.39 is 0 Å². The van der Waals surface area contributed by atoms with Crippen molar-refractivity contribution in [3.8, 4) is 0 Å². The Morgan fingerprint density at radius 2 is 2.48 bits per heavy atom. The molecule has 2 N–H and O–H groups in total. The zero-order valence-corrected chi connectivity index (χ0v) is 13.7. The van der Waals surface area contributed by atoms with Gasteiger partial charge < -0.3 is 10.1 Å². The number of benzene rings is 1. The summed E-state index contributed by atoms with van der Waals surface area (Å²) in [6.45, 7) is 3.17. The molecular weight excluding hydrogens is 312 g/mol. The topological polar surface area (TPSA) is 75.6 Å². The summed E-state index contributed by atoms with van der Waals surface area (Å²) in [6.07, 6.45) is 3.01. The van der Waals surface area contributed by atoms with Crippen LogP contribution in [0.5, 0.6) is 0 Å². The molecule has 0 aliphatic carbocycles. The molecule has 2 aromatic rings. The van der Waals surface area contributed by atoms with Crippen molar-refractivity contribution in [2.24, 2.45) is 5.10 Å². The van der Waals surface area contributed by atoms with Crippen LogP contribution in [0.3, 0.4) is 0 Å². The monoisotopic (exact) mass is 330 g/mol. The van der Waals surface area contributed by atoms with E-state index in [-0.39, 0.29) is 12.4 Å². The molecule has 0 amide bonds. The second kappa shape index (κ2) is 7.23. The van der Waals surface area contributed by atoms with Gasteiger partial charge in [0, 0.05) is 17.6 Å². The Bertz CT molecular complexity index is 727. The zero-order chi connectivity index (χ0) is 16.1. The number of rotatable bonds is 6. The van der Waals surface area contributed by atoms with Crippen molar-refractivity contribution in [1.29, 1.82) is 0 Å². The Hall–Kier alpha value is -2.41. The van der Waals surface area contributed by atoms with Crippen LogP contribution in [0.25, 0.3) is 0 Å². The first-order chi connectivity index (χ1) is 11.2. The summed E-state index contributed by atoms with van der Waals surface area (Å²) in [5.74, 6) is -0.264. The van der Waals surface area contributed by atoms with E-state index in [2.05, 4.69) is 33.0 Å². The van der Waals surface area contributed by atoms with Gasteiger partial charge in [-0.05, 0) is 36.6 Å². The second-order valence-electron chi connectivity index (χ2n) is 5.09. The number of hydrogen-bond acceptors (Lipinski definition) is 7. The van der Waals surface area contributed by atoms with E-state index in [9.17, 15) is 4.79 Å². The molecule has 1 aromatic heterocycles. The molecule has 0 radical (unpaired) electrons. The first-order valence-electron chi connectivity index (χ1n) is 7.50. The van der Waals surface area contributed by atoms with Crippen molar-refractivity contribution < 1.29 is 9.53 Å². The molecule has 1 aliphatic heterocycles. The number of carbonyl (C=O) groups excluding carboxylic acids is 1. The van der Waals surface area contributed by atoms with E-state index in [0.29, 0.717) is 17.4 Å². The molecule has 2 heterocycles. The second-order valence-corrected chi connectivity index (χ2v) is 5.95. The summed E-state index contributed by atoms with van der Waals surface area (Å²) in [4.78, 5) is 15.7. The van der Waals surface area contributed by atoms with Crippen molar-refractivity contribution in [2.45, 2.75) is 19.8 Å². The molecule has 0 saturated heterocycles. The third-order valence-electron chi connectivity index (χ3n) is 3.40. The van der Waals surface area contributed by atoms with Gasteiger partial charge in [-0.25, -0.2) is 4.98 Å². The van der Waals surface area contributed by atoms with Crippen molar-refractivity contribution in [3.63, 3.8) is 0 Å². The van der Waals surface area contributed by atoms with Crippen molar-refractivity contribution in [3.05, 3.63) is 40.4 Å². The van der Waals surface area contributed by atoms with Gasteiger partial charge in [-0.3, -0.25) is 10.2 Å². The van der Waals surface area contributed by atoms with E-state index in [1.165, 1.54) is 22.6 Å². The highest BCUT2D eigenvalue weighted by Crippen LogP contribution is 2.22. The number of carbonyl (C=O) groups is 1. The highest BCUT2D eigenvalue weighted by Gasteiger charge is 2.09. The fraction of sp³-hybridized carbons (Fsp3) is 0.312. The number of ether oxygens (including phenoxy) is 1. The first-order valence-corrected chi connectivity index (χ1v) is 8.38. The molecule has 0 atom stereocenters. The predicted octanol–water partition coefficient (Wildman–Crippen LogP) is 2.66. The standard InChI is InChI=1S/C16H18N4O2S/c1-2-22-15(21)8-13-10-23-16(19-13)20-18-9-11-3-4-14-12(7-11)5-6-17-14/h3-4,7,9-10,17H,2,5-6,8H2,1H3,(H,19,20). The molecule has 1 aromatic carbocycles. The molecule has 3 rings (SSSR count). The number of anilines is 2. The molecular formula is C16H18N4O2S. The van der Waals surface area contributed by atoms with Crippen LogP contribution in [-0.2, 0) is 22.4 Å². The van der Waals surface area contributed by atoms with Crippen LogP contribution >= 0.6 is 11.3 Å². The summed E-state index contributed by atoms with van der Waals surface area (Å²) < 4.78 is 4.90. The number of thiazole rings is 1. The van der Waals surface area contributed by atoms with Gasteiger partial charge in [0.2, 0.25) is 5.13 Å². The minimum Gasteiger partial charge on any atom is -0.466 e. The third-order valence-corrected chi connectivity index (χ3v) is 4.19. The van der Waals surface area contributed by atoms with Crippen LogP contribution in [0, 0.1) is 0 Å². The van der Waals surface area contributed by atoms with E-state index in [1.807, 2.05) is 11.4 Å². The quantitative estimate of drug-likeness (QED) is 0.484. The van der Waals surface area contributed by atoms with Gasteiger partial charge in [0.15, 0.2) is 0 Å². The van der Waals surface area contributed by atoms with E-state index >= 15 is 0 Å². The third kappa shape index (κ3) is 4.07. The fourth-order valence-electron chi connectivity index (χ4n) is 2.37. The first kappa shape index (κ1) is 15.5. The number of hydrogen-bond donors (Lipinski definition) is 2. The minimum atomic E-state index is -0.264. The Morgan fingerprint density at radius 3 is 3.35 bits per heavy atom. The summed E-state index contributed by atoms with van der Waals surface area (Å²) >= 11 is 1.41. The van der Waals surface area contributed by atoms with Crippen LogP contribution < -0.4 is 10.7 Å². The van der Waals surface area contributed by atoms with Gasteiger partial charge >= 0.3 is 5.97 Å². The lowest BCUT2D eigenvalue weighted by Gasteiger charge is -2.00. The largest absolute Gasteiger partial charge is 0.466 e. The maximum Gasteiger partial charge on any atom is 0.311 e. The maximum absolute atomic E-state index is 11.4. The van der Waals surface area contributed by atoms with Crippen molar-refractivity contribution >= 4 is 34.3 Å². The highest BCUT2D eigenvalue weighted by molar-refractivity contribution is 7.13. The molecule has 6 nitrogen and oxygen atoms in total. The molecule has 120 valence electrons. The smallest absolute Gasteiger partial charge is 0.311 e. The maximum atomic E-state index is 11.4. The molecule has 0 spiro atoms. The molecule has 7 heteroatoms. The summed E-state index contributed by atoms with van der Waals surface area (Å²) in [7, 11) is 0. The number of esters is 1. The Labute approximate surface area is 138 Å². The molecule has 0 bridgehead atoms. The van der Waals surface area contributed by atoms with E-state index in [0.717, 1.165) is 18.5 Å². The number of nitrogens with one attached hydrogen (secondary N) is 2. The predicted molar refractivity (Wildman–Crippen MR) is 92.3 cm³/mol. The van der Waals surface area contributed by atoms with Gasteiger partial charge in [-0.15, -0.1) is 11.3 Å². The van der Waals surface area contributed by atoms with Gasteiger partial charge in [-0.2, -0.15) is 5.10 Å². The zero-order valence-electron chi connectivity index (χ0n) is 12.8. The minimum absolute atomic E-state index is 0.188. The van der Waals surface area contributed by atoms with Crippen molar-refractivity contribution in [1.82, 2.24) is 4.98 Å². The van der Waals surface area contributed by atoms with Crippen molar-refractivity contribution in [2.75, 3.05) is 23.9 Å². The average molecular weight is 330 g/mol. The van der Waals surface area contributed by atoms with Gasteiger partial charge in [0.25, 0.3) is 0 Å². The summed E-state index contributed by atoms with van der Waals surface area (Å²) in [5, 5.41) is 10.0. The summed E-state index contributed by atoms with van der Waals surface area (Å²) in [6, 6.07) is 6.23. The lowest BCUT2D eigenvalue weighted by molar-refractivity contribution is -0.142. The molecule has 1 aliphatic rings. The van der Waals surface area contributed by atoms with Crippen LogP contribution in [0.1, 0.15) is 23.7 Å². The lowest BCUT2D eigenvalue weighted by atomic mass is 10.1. The van der Waals surface area contributed by atoms with E-state index in [1.54, 1.807) is 13.1 Å². The van der Waals surface area contributed by atoms with Crippen LogP contribution in [0.15, 0.2) is 28.7 Å². The molecule has 0 fully saturated rings. The van der Waals surface area contributed by atoms with Gasteiger partial charge in [0.1, 0.15) is 0 Å². The Balaban J connectivity index is 1.56. The van der Waals surface area contributed by atoms with Crippen LogP contribution in [-0.4, -0.2) is 30.3 Å². The molecule has 0 unspecified atom stereocenters. The Kier molecular flexibility index (Phi) is 4.87. The normalized spacial score (nSPS) is 12.9.